The number of hydrogen-bond donors (Lipinski definition) is 2. The SMILES string of the molecule is C=CC(=O)Nc1cc(Nc2ncc3c(C)cc(-c4cnn(C)c4)n3n2)c(OC)cc1N1CCC(N(C)C)CC1. The first-order valence-corrected chi connectivity index (χ1v) is 13.0. The highest BCUT2D eigenvalue weighted by atomic mass is 16.5. The minimum atomic E-state index is -0.280. The molecule has 39 heavy (non-hydrogen) atoms. The average Bonchev–Trinajstić information content (AvgIpc) is 3.51. The molecule has 4 heterocycles. The Kier molecular flexibility index (Phi) is 7.25. The van der Waals surface area contributed by atoms with E-state index in [0.717, 1.165) is 54.0 Å². The number of aromatic nitrogens is 5. The third kappa shape index (κ3) is 5.30. The van der Waals surface area contributed by atoms with Crippen molar-refractivity contribution in [3.8, 4) is 17.0 Å². The molecule has 0 aliphatic carbocycles. The Morgan fingerprint density at radius 3 is 2.59 bits per heavy atom. The predicted molar refractivity (Wildman–Crippen MR) is 154 cm³/mol. The number of rotatable bonds is 8. The van der Waals surface area contributed by atoms with E-state index in [1.165, 1.54) is 6.08 Å². The van der Waals surface area contributed by atoms with E-state index >= 15 is 0 Å². The van der Waals surface area contributed by atoms with Crippen LogP contribution in [0, 0.1) is 6.92 Å². The molecular weight excluding hydrogens is 494 g/mol. The van der Waals surface area contributed by atoms with Gasteiger partial charge in [-0.1, -0.05) is 6.58 Å². The smallest absolute Gasteiger partial charge is 0.247 e. The monoisotopic (exact) mass is 529 g/mol. The van der Waals surface area contributed by atoms with E-state index in [-0.39, 0.29) is 5.91 Å². The molecule has 1 amide bonds. The number of nitrogens with zero attached hydrogens (tertiary/aromatic N) is 7. The lowest BCUT2D eigenvalue weighted by Gasteiger charge is -2.37. The number of benzene rings is 1. The predicted octanol–water partition coefficient (Wildman–Crippen LogP) is 3.85. The van der Waals surface area contributed by atoms with Gasteiger partial charge in [0.15, 0.2) is 0 Å². The van der Waals surface area contributed by atoms with Gasteiger partial charge in [-0.15, -0.1) is 5.10 Å². The number of carbonyl (C=O) groups excluding carboxylic acids is 1. The molecule has 1 fully saturated rings. The number of ether oxygens (including phenoxy) is 1. The second-order valence-corrected chi connectivity index (χ2v) is 10.1. The van der Waals surface area contributed by atoms with Crippen molar-refractivity contribution in [1.29, 1.82) is 0 Å². The maximum absolute atomic E-state index is 12.4. The summed E-state index contributed by atoms with van der Waals surface area (Å²) in [5, 5.41) is 15.4. The van der Waals surface area contributed by atoms with Crippen molar-refractivity contribution in [3.63, 3.8) is 0 Å². The molecule has 11 heteroatoms. The second kappa shape index (κ2) is 10.8. The van der Waals surface area contributed by atoms with Gasteiger partial charge in [-0.25, -0.2) is 9.50 Å². The largest absolute Gasteiger partial charge is 0.494 e. The molecule has 204 valence electrons. The van der Waals surface area contributed by atoms with Crippen LogP contribution in [0.1, 0.15) is 18.4 Å². The Hall–Kier alpha value is -4.38. The second-order valence-electron chi connectivity index (χ2n) is 10.1. The Morgan fingerprint density at radius 2 is 1.95 bits per heavy atom. The Morgan fingerprint density at radius 1 is 1.18 bits per heavy atom. The Labute approximate surface area is 228 Å². The van der Waals surface area contributed by atoms with Crippen LogP contribution in [0.4, 0.5) is 23.0 Å². The molecule has 3 aromatic heterocycles. The molecule has 0 spiro atoms. The zero-order valence-electron chi connectivity index (χ0n) is 23.1. The highest BCUT2D eigenvalue weighted by Crippen LogP contribution is 2.39. The van der Waals surface area contributed by atoms with Crippen molar-refractivity contribution >= 4 is 34.4 Å². The lowest BCUT2D eigenvalue weighted by atomic mass is 10.0. The topological polar surface area (TPSA) is 105 Å². The van der Waals surface area contributed by atoms with Gasteiger partial charge in [0, 0.05) is 44.0 Å². The minimum absolute atomic E-state index is 0.280. The molecule has 0 radical (unpaired) electrons. The number of methoxy groups -OCH3 is 1. The number of carbonyl (C=O) groups is 1. The molecule has 11 nitrogen and oxygen atoms in total. The fourth-order valence-electron chi connectivity index (χ4n) is 5.09. The first-order valence-electron chi connectivity index (χ1n) is 13.0. The average molecular weight is 530 g/mol. The number of piperidine rings is 1. The van der Waals surface area contributed by atoms with Crippen molar-refractivity contribution in [3.05, 3.63) is 55.0 Å². The summed E-state index contributed by atoms with van der Waals surface area (Å²) in [4.78, 5) is 21.5. The Balaban J connectivity index is 1.51. The Bertz CT molecular complexity index is 1510. The van der Waals surface area contributed by atoms with E-state index in [9.17, 15) is 4.79 Å². The van der Waals surface area contributed by atoms with Gasteiger partial charge >= 0.3 is 0 Å². The van der Waals surface area contributed by atoms with Crippen molar-refractivity contribution in [2.45, 2.75) is 25.8 Å². The summed E-state index contributed by atoms with van der Waals surface area (Å²) in [6, 6.07) is 6.43. The fourth-order valence-corrected chi connectivity index (χ4v) is 5.09. The molecule has 0 atom stereocenters. The number of anilines is 4. The van der Waals surface area contributed by atoms with E-state index in [0.29, 0.717) is 29.1 Å². The first-order chi connectivity index (χ1) is 18.8. The van der Waals surface area contributed by atoms with Crippen LogP contribution < -0.4 is 20.3 Å². The molecule has 0 saturated carbocycles. The van der Waals surface area contributed by atoms with Gasteiger partial charge in [0.05, 0.1) is 47.8 Å². The third-order valence-corrected chi connectivity index (χ3v) is 7.26. The quantitative estimate of drug-likeness (QED) is 0.332. The van der Waals surface area contributed by atoms with Crippen LogP contribution >= 0.6 is 0 Å². The summed E-state index contributed by atoms with van der Waals surface area (Å²) in [5.41, 5.74) is 6.05. The van der Waals surface area contributed by atoms with Crippen LogP contribution in [0.2, 0.25) is 0 Å². The van der Waals surface area contributed by atoms with Crippen LogP contribution in [-0.4, -0.2) is 75.5 Å². The van der Waals surface area contributed by atoms with E-state index in [1.807, 2.05) is 43.0 Å². The molecule has 0 bridgehead atoms. The molecule has 0 unspecified atom stereocenters. The van der Waals surface area contributed by atoms with Gasteiger partial charge in [-0.2, -0.15) is 5.10 Å². The molecule has 4 aromatic rings. The number of aryl methyl sites for hydroxylation is 2. The first kappa shape index (κ1) is 26.2. The van der Waals surface area contributed by atoms with Gasteiger partial charge in [-0.05, 0) is 57.6 Å². The summed E-state index contributed by atoms with van der Waals surface area (Å²) < 4.78 is 9.40. The maximum Gasteiger partial charge on any atom is 0.247 e. The minimum Gasteiger partial charge on any atom is -0.494 e. The highest BCUT2D eigenvalue weighted by molar-refractivity contribution is 6.02. The van der Waals surface area contributed by atoms with Gasteiger partial charge in [0.2, 0.25) is 11.9 Å². The van der Waals surface area contributed by atoms with Crippen LogP contribution in [0.25, 0.3) is 16.8 Å². The van der Waals surface area contributed by atoms with Crippen LogP contribution in [0.5, 0.6) is 5.75 Å². The van der Waals surface area contributed by atoms with Crippen LogP contribution in [-0.2, 0) is 11.8 Å². The van der Waals surface area contributed by atoms with E-state index in [4.69, 9.17) is 9.84 Å². The van der Waals surface area contributed by atoms with Gasteiger partial charge in [0.25, 0.3) is 0 Å². The zero-order chi connectivity index (χ0) is 27.7. The maximum atomic E-state index is 12.4. The van der Waals surface area contributed by atoms with Gasteiger partial charge in [-0.3, -0.25) is 9.48 Å². The lowest BCUT2D eigenvalue weighted by molar-refractivity contribution is -0.111. The van der Waals surface area contributed by atoms with E-state index in [2.05, 4.69) is 57.3 Å². The molecule has 1 saturated heterocycles. The van der Waals surface area contributed by atoms with Crippen molar-refractivity contribution in [1.82, 2.24) is 29.3 Å². The van der Waals surface area contributed by atoms with Gasteiger partial charge in [0.1, 0.15) is 5.75 Å². The van der Waals surface area contributed by atoms with Crippen molar-refractivity contribution in [2.24, 2.45) is 7.05 Å². The number of amides is 1. The van der Waals surface area contributed by atoms with Gasteiger partial charge < -0.3 is 25.2 Å². The molecule has 5 rings (SSSR count). The molecule has 1 aromatic carbocycles. The summed E-state index contributed by atoms with van der Waals surface area (Å²) >= 11 is 0. The standard InChI is InChI=1S/C28H35N9O2/c1-7-27(38)31-21-13-22(26(39-6)14-24(21)36-10-8-20(9-11-36)34(3)4)32-28-29-16-25-18(2)12-23(37(25)33-28)19-15-30-35(5)17-19/h7,12-17,20H,1,8-11H2,2-6H3,(H,31,38)(H,32,33). The van der Waals surface area contributed by atoms with Crippen molar-refractivity contribution < 1.29 is 9.53 Å². The van der Waals surface area contributed by atoms with Crippen LogP contribution in [0.3, 0.4) is 0 Å². The zero-order valence-corrected chi connectivity index (χ0v) is 23.1. The highest BCUT2D eigenvalue weighted by Gasteiger charge is 2.24. The number of fused-ring (bicyclic) bond motifs is 1. The van der Waals surface area contributed by atoms with Crippen LogP contribution in [0.15, 0.2) is 49.4 Å². The fraction of sp³-hybridized carbons (Fsp3) is 0.357. The summed E-state index contributed by atoms with van der Waals surface area (Å²) in [6.07, 6.45) is 8.90. The lowest BCUT2D eigenvalue weighted by Crippen LogP contribution is -2.42. The summed E-state index contributed by atoms with van der Waals surface area (Å²) in [6.45, 7) is 7.40. The summed E-state index contributed by atoms with van der Waals surface area (Å²) in [7, 11) is 7.75. The van der Waals surface area contributed by atoms with E-state index in [1.54, 1.807) is 18.0 Å². The molecule has 1 aliphatic rings. The number of nitrogens with one attached hydrogen (secondary N) is 2. The molecule has 1 aliphatic heterocycles. The molecule has 2 N–H and O–H groups in total. The van der Waals surface area contributed by atoms with Crippen molar-refractivity contribution in [2.75, 3.05) is 49.8 Å². The normalized spacial score (nSPS) is 14.2. The third-order valence-electron chi connectivity index (χ3n) is 7.26. The molecular formula is C28H35N9O2. The number of hydrogen-bond acceptors (Lipinski definition) is 8. The van der Waals surface area contributed by atoms with E-state index < -0.39 is 0 Å². The summed E-state index contributed by atoms with van der Waals surface area (Å²) in [5.74, 6) is 0.732.